The Morgan fingerprint density at radius 3 is 2.17 bits per heavy atom. The highest BCUT2D eigenvalue weighted by molar-refractivity contribution is 5.93. The lowest BCUT2D eigenvalue weighted by Gasteiger charge is -2.14. The van der Waals surface area contributed by atoms with Crippen molar-refractivity contribution >= 4 is 5.78 Å². The first kappa shape index (κ1) is 11.2. The van der Waals surface area contributed by atoms with Gasteiger partial charge in [0.1, 0.15) is 0 Å². The molecule has 0 heterocycles. The van der Waals surface area contributed by atoms with Gasteiger partial charge in [0.05, 0.1) is 0 Å². The molecule has 0 saturated carbocycles. The Balaban J connectivity index is 4.26. The van der Waals surface area contributed by atoms with Crippen molar-refractivity contribution in [1.29, 1.82) is 0 Å². The highest BCUT2D eigenvalue weighted by Crippen LogP contribution is 2.03. The van der Waals surface area contributed by atoms with E-state index in [-0.39, 0.29) is 5.78 Å². The Bertz CT molecular complexity index is 194. The summed E-state index contributed by atoms with van der Waals surface area (Å²) in [5.74, 6) is 0.142. The van der Waals surface area contributed by atoms with Crippen molar-refractivity contribution in [2.45, 2.75) is 47.1 Å². The molecule has 0 radical (unpaired) electrons. The standard InChI is InChI=1S/C10H19NO/c1-6-7(2)11-9(4)8(3)10(5)12/h7,11H,6H2,1-5H3. The SMILES string of the molecule is CCC(C)NC(C)=C(C)C(C)=O. The lowest BCUT2D eigenvalue weighted by atomic mass is 10.1. The Hall–Kier alpha value is -0.790. The molecule has 0 amide bonds. The Labute approximate surface area is 75.0 Å². The zero-order valence-electron chi connectivity index (χ0n) is 8.69. The predicted molar refractivity (Wildman–Crippen MR) is 51.9 cm³/mol. The van der Waals surface area contributed by atoms with Crippen LogP contribution in [-0.2, 0) is 4.79 Å². The average molecular weight is 169 g/mol. The van der Waals surface area contributed by atoms with Crippen molar-refractivity contribution in [3.8, 4) is 0 Å². The van der Waals surface area contributed by atoms with Crippen LogP contribution < -0.4 is 5.32 Å². The van der Waals surface area contributed by atoms with Crippen LogP contribution in [0.25, 0.3) is 0 Å². The van der Waals surface area contributed by atoms with Gasteiger partial charge in [-0.2, -0.15) is 0 Å². The summed E-state index contributed by atoms with van der Waals surface area (Å²) in [7, 11) is 0. The fourth-order valence-electron chi connectivity index (χ4n) is 0.844. The molecule has 0 aromatic rings. The summed E-state index contributed by atoms with van der Waals surface area (Å²) in [6.07, 6.45) is 1.07. The molecule has 0 spiro atoms. The molecule has 0 aromatic heterocycles. The van der Waals surface area contributed by atoms with E-state index in [1.54, 1.807) is 6.92 Å². The molecule has 0 aliphatic heterocycles. The summed E-state index contributed by atoms with van der Waals surface area (Å²) in [6, 6.07) is 0.444. The summed E-state index contributed by atoms with van der Waals surface area (Å²) in [6.45, 7) is 9.62. The second-order valence-electron chi connectivity index (χ2n) is 3.26. The van der Waals surface area contributed by atoms with Crippen molar-refractivity contribution in [2.75, 3.05) is 0 Å². The zero-order valence-corrected chi connectivity index (χ0v) is 8.69. The van der Waals surface area contributed by atoms with Gasteiger partial charge in [-0.05, 0) is 34.1 Å². The molecule has 0 saturated heterocycles. The number of carbonyl (C=O) groups is 1. The van der Waals surface area contributed by atoms with Gasteiger partial charge in [0.15, 0.2) is 5.78 Å². The summed E-state index contributed by atoms with van der Waals surface area (Å²) in [5, 5.41) is 3.27. The van der Waals surface area contributed by atoms with Crippen LogP contribution in [0.3, 0.4) is 0 Å². The third kappa shape index (κ3) is 3.56. The Kier molecular flexibility index (Phi) is 4.64. The van der Waals surface area contributed by atoms with Crippen molar-refractivity contribution in [1.82, 2.24) is 5.32 Å². The van der Waals surface area contributed by atoms with E-state index >= 15 is 0 Å². The Morgan fingerprint density at radius 2 is 1.83 bits per heavy atom. The predicted octanol–water partition coefficient (Wildman–Crippen LogP) is 2.26. The number of allylic oxidation sites excluding steroid dienone is 2. The first-order valence-corrected chi connectivity index (χ1v) is 4.44. The van der Waals surface area contributed by atoms with Crippen LogP contribution in [0.2, 0.25) is 0 Å². The number of hydrogen-bond acceptors (Lipinski definition) is 2. The molecule has 70 valence electrons. The molecule has 1 N–H and O–H groups in total. The molecular formula is C10H19NO. The number of Topliss-reactive ketones (excluding diaryl/α,β-unsaturated/α-hetero) is 1. The number of ketones is 1. The van der Waals surface area contributed by atoms with E-state index in [1.807, 2.05) is 13.8 Å². The maximum absolute atomic E-state index is 11.0. The highest BCUT2D eigenvalue weighted by Gasteiger charge is 2.03. The summed E-state index contributed by atoms with van der Waals surface area (Å²) >= 11 is 0. The van der Waals surface area contributed by atoms with Gasteiger partial charge in [-0.1, -0.05) is 6.92 Å². The van der Waals surface area contributed by atoms with Gasteiger partial charge in [0.25, 0.3) is 0 Å². The Morgan fingerprint density at radius 1 is 1.33 bits per heavy atom. The van der Waals surface area contributed by atoms with Crippen LogP contribution >= 0.6 is 0 Å². The van der Waals surface area contributed by atoms with E-state index in [2.05, 4.69) is 19.2 Å². The number of carbonyl (C=O) groups excluding carboxylic acids is 1. The molecule has 2 heteroatoms. The second kappa shape index (κ2) is 4.96. The third-order valence-corrected chi connectivity index (χ3v) is 2.17. The largest absolute Gasteiger partial charge is 0.386 e. The molecule has 0 fully saturated rings. The maximum atomic E-state index is 11.0. The molecule has 0 aliphatic rings. The summed E-state index contributed by atoms with van der Waals surface area (Å²) < 4.78 is 0. The van der Waals surface area contributed by atoms with E-state index in [1.165, 1.54) is 0 Å². The van der Waals surface area contributed by atoms with E-state index in [4.69, 9.17) is 0 Å². The van der Waals surface area contributed by atoms with Crippen LogP contribution in [0.4, 0.5) is 0 Å². The van der Waals surface area contributed by atoms with Gasteiger partial charge in [0, 0.05) is 17.3 Å². The maximum Gasteiger partial charge on any atom is 0.157 e. The quantitative estimate of drug-likeness (QED) is 0.654. The van der Waals surface area contributed by atoms with Gasteiger partial charge < -0.3 is 5.32 Å². The molecule has 0 aliphatic carbocycles. The van der Waals surface area contributed by atoms with Gasteiger partial charge in [-0.25, -0.2) is 0 Å². The molecule has 1 atom stereocenters. The average Bonchev–Trinajstić information content (AvgIpc) is 2.02. The number of hydrogen-bond donors (Lipinski definition) is 1. The normalized spacial score (nSPS) is 15.1. The molecule has 1 unspecified atom stereocenters. The van der Waals surface area contributed by atoms with Crippen molar-refractivity contribution in [3.05, 3.63) is 11.3 Å². The van der Waals surface area contributed by atoms with Crippen LogP contribution in [0, 0.1) is 0 Å². The highest BCUT2D eigenvalue weighted by atomic mass is 16.1. The lowest BCUT2D eigenvalue weighted by molar-refractivity contribution is -0.113. The van der Waals surface area contributed by atoms with E-state index < -0.39 is 0 Å². The molecule has 2 nitrogen and oxygen atoms in total. The van der Waals surface area contributed by atoms with Crippen molar-refractivity contribution < 1.29 is 4.79 Å². The topological polar surface area (TPSA) is 29.1 Å². The zero-order chi connectivity index (χ0) is 9.72. The van der Waals surface area contributed by atoms with Crippen LogP contribution in [0.5, 0.6) is 0 Å². The summed E-state index contributed by atoms with van der Waals surface area (Å²) in [5.41, 5.74) is 1.83. The van der Waals surface area contributed by atoms with Gasteiger partial charge in [-0.15, -0.1) is 0 Å². The molecule has 0 aromatic carbocycles. The summed E-state index contributed by atoms with van der Waals surface area (Å²) in [4.78, 5) is 11.0. The molecule has 0 rings (SSSR count). The number of rotatable bonds is 4. The lowest BCUT2D eigenvalue weighted by Crippen LogP contribution is -2.24. The van der Waals surface area contributed by atoms with E-state index in [0.717, 1.165) is 17.7 Å². The van der Waals surface area contributed by atoms with Crippen LogP contribution in [0.1, 0.15) is 41.0 Å². The minimum atomic E-state index is 0.142. The van der Waals surface area contributed by atoms with Crippen LogP contribution in [0.15, 0.2) is 11.3 Å². The first-order chi connectivity index (χ1) is 5.49. The minimum Gasteiger partial charge on any atom is -0.386 e. The fourth-order valence-corrected chi connectivity index (χ4v) is 0.844. The van der Waals surface area contributed by atoms with Gasteiger partial charge >= 0.3 is 0 Å². The molecule has 12 heavy (non-hydrogen) atoms. The third-order valence-electron chi connectivity index (χ3n) is 2.17. The van der Waals surface area contributed by atoms with E-state index in [0.29, 0.717) is 6.04 Å². The van der Waals surface area contributed by atoms with Gasteiger partial charge in [0.2, 0.25) is 0 Å². The smallest absolute Gasteiger partial charge is 0.157 e. The molecule has 0 bridgehead atoms. The minimum absolute atomic E-state index is 0.142. The van der Waals surface area contributed by atoms with Gasteiger partial charge in [-0.3, -0.25) is 4.79 Å². The first-order valence-electron chi connectivity index (χ1n) is 4.44. The fraction of sp³-hybridized carbons (Fsp3) is 0.700. The number of nitrogens with one attached hydrogen (secondary N) is 1. The van der Waals surface area contributed by atoms with Crippen molar-refractivity contribution in [2.24, 2.45) is 0 Å². The monoisotopic (exact) mass is 169 g/mol. The van der Waals surface area contributed by atoms with E-state index in [9.17, 15) is 4.79 Å². The second-order valence-corrected chi connectivity index (χ2v) is 3.26. The van der Waals surface area contributed by atoms with Crippen molar-refractivity contribution in [3.63, 3.8) is 0 Å². The van der Waals surface area contributed by atoms with Crippen LogP contribution in [-0.4, -0.2) is 11.8 Å². The molecular weight excluding hydrogens is 150 g/mol.